The molecule has 1 unspecified atom stereocenters. The van der Waals surface area contributed by atoms with Crippen molar-refractivity contribution in [1.82, 2.24) is 10.2 Å². The third-order valence-electron chi connectivity index (χ3n) is 6.13. The minimum absolute atomic E-state index is 0.0149. The van der Waals surface area contributed by atoms with Gasteiger partial charge in [0.25, 0.3) is 5.91 Å². The highest BCUT2D eigenvalue weighted by molar-refractivity contribution is 8.14. The first kappa shape index (κ1) is 25.3. The first-order valence-electron chi connectivity index (χ1n) is 11.8. The molecule has 0 spiro atoms. The minimum Gasteiger partial charge on any atom is -0.497 e. The molecule has 0 fully saturated rings. The Kier molecular flexibility index (Phi) is 7.32. The van der Waals surface area contributed by atoms with Gasteiger partial charge in [0.1, 0.15) is 23.4 Å². The van der Waals surface area contributed by atoms with Crippen molar-refractivity contribution in [3.05, 3.63) is 95.3 Å². The summed E-state index contributed by atoms with van der Waals surface area (Å²) < 4.78 is 18.4. The number of ketones is 1. The number of benzene rings is 3. The van der Waals surface area contributed by atoms with Gasteiger partial charge in [-0.05, 0) is 54.1 Å². The molecule has 2 heterocycles. The normalized spacial score (nSPS) is 15.8. The molecule has 0 saturated heterocycles. The lowest BCUT2D eigenvalue weighted by molar-refractivity contribution is -0.126. The Morgan fingerprint density at radius 1 is 1.03 bits per heavy atom. The van der Waals surface area contributed by atoms with E-state index < -0.39 is 17.8 Å². The second-order valence-corrected chi connectivity index (χ2v) is 9.56. The molecule has 192 valence electrons. The van der Waals surface area contributed by atoms with Crippen molar-refractivity contribution in [3.8, 4) is 5.75 Å². The van der Waals surface area contributed by atoms with E-state index in [2.05, 4.69) is 15.3 Å². The van der Waals surface area contributed by atoms with Crippen molar-refractivity contribution < 1.29 is 23.5 Å². The van der Waals surface area contributed by atoms with Crippen molar-refractivity contribution in [2.75, 3.05) is 12.9 Å². The lowest BCUT2D eigenvalue weighted by Gasteiger charge is -2.30. The average molecular weight is 531 g/mol. The van der Waals surface area contributed by atoms with Crippen molar-refractivity contribution in [2.24, 2.45) is 9.98 Å². The number of para-hydroxylation sites is 1. The number of thioether (sulfide) groups is 1. The maximum absolute atomic E-state index is 13.3. The summed E-state index contributed by atoms with van der Waals surface area (Å²) in [6.45, 7) is 0.294. The zero-order valence-corrected chi connectivity index (χ0v) is 21.2. The monoisotopic (exact) mass is 530 g/mol. The zero-order valence-electron chi connectivity index (χ0n) is 20.4. The summed E-state index contributed by atoms with van der Waals surface area (Å²) in [6, 6.07) is 19.0. The van der Waals surface area contributed by atoms with Crippen molar-refractivity contribution in [2.45, 2.75) is 19.0 Å². The molecule has 0 radical (unpaired) electrons. The fourth-order valence-electron chi connectivity index (χ4n) is 4.14. The van der Waals surface area contributed by atoms with E-state index in [9.17, 15) is 18.8 Å². The largest absolute Gasteiger partial charge is 0.497 e. The van der Waals surface area contributed by atoms with E-state index in [0.29, 0.717) is 40.1 Å². The van der Waals surface area contributed by atoms with Gasteiger partial charge in [-0.25, -0.2) is 9.38 Å². The average Bonchev–Trinajstić information content (AvgIpc) is 3.27. The van der Waals surface area contributed by atoms with Gasteiger partial charge >= 0.3 is 0 Å². The Morgan fingerprint density at radius 3 is 2.50 bits per heavy atom. The number of hydrogen-bond acceptors (Lipinski definition) is 7. The highest BCUT2D eigenvalue weighted by atomic mass is 32.2. The Labute approximate surface area is 222 Å². The van der Waals surface area contributed by atoms with Crippen LogP contribution in [0.1, 0.15) is 27.9 Å². The van der Waals surface area contributed by atoms with Crippen LogP contribution in [-0.2, 0) is 16.1 Å². The molecule has 0 saturated carbocycles. The summed E-state index contributed by atoms with van der Waals surface area (Å²) >= 11 is 1.15. The number of methoxy groups -OCH3 is 1. The van der Waals surface area contributed by atoms with E-state index in [1.165, 1.54) is 24.3 Å². The summed E-state index contributed by atoms with van der Waals surface area (Å²) in [4.78, 5) is 49.1. The number of aliphatic imine (C=N–C) groups is 2. The molecule has 0 aromatic heterocycles. The Balaban J connectivity index is 1.32. The molecule has 2 aliphatic rings. The number of carbonyl (C=O) groups excluding carboxylic acids is 3. The predicted molar refractivity (Wildman–Crippen MR) is 143 cm³/mol. The maximum Gasteiger partial charge on any atom is 0.271 e. The molecule has 5 rings (SSSR count). The number of nitrogens with zero attached hydrogens (tertiary/aromatic N) is 3. The lowest BCUT2D eigenvalue weighted by atomic mass is 10.1. The van der Waals surface area contributed by atoms with Crippen molar-refractivity contribution in [1.29, 1.82) is 0 Å². The van der Waals surface area contributed by atoms with Gasteiger partial charge in [-0.3, -0.25) is 19.3 Å². The fourth-order valence-corrected chi connectivity index (χ4v) is 5.09. The van der Waals surface area contributed by atoms with Crippen molar-refractivity contribution >= 4 is 46.1 Å². The van der Waals surface area contributed by atoms with Crippen molar-refractivity contribution in [3.63, 3.8) is 0 Å². The van der Waals surface area contributed by atoms with Crippen LogP contribution in [0.4, 0.5) is 10.1 Å². The third-order valence-corrected chi connectivity index (χ3v) is 7.09. The molecule has 1 atom stereocenters. The molecule has 0 aliphatic carbocycles. The van der Waals surface area contributed by atoms with Gasteiger partial charge in [0.2, 0.25) is 5.91 Å². The van der Waals surface area contributed by atoms with Gasteiger partial charge < -0.3 is 10.1 Å². The van der Waals surface area contributed by atoms with E-state index in [4.69, 9.17) is 4.74 Å². The SMILES string of the molecule is COc1ccc(CNC(=O)CC2C(=O)N=C3c4ccccc4N=C(SCC(=O)c4ccc(F)cc4)N32)cc1. The number of nitrogens with one attached hydrogen (secondary N) is 1. The van der Waals surface area contributed by atoms with E-state index in [1.54, 1.807) is 30.2 Å². The molecule has 3 aromatic carbocycles. The summed E-state index contributed by atoms with van der Waals surface area (Å²) in [5, 5.41) is 3.25. The quantitative estimate of drug-likeness (QED) is 0.440. The summed E-state index contributed by atoms with van der Waals surface area (Å²) in [6.07, 6.45) is -0.129. The second kappa shape index (κ2) is 11.0. The van der Waals surface area contributed by atoms with Crippen LogP contribution < -0.4 is 10.1 Å². The van der Waals surface area contributed by atoms with Gasteiger partial charge in [-0.2, -0.15) is 4.99 Å². The van der Waals surface area contributed by atoms with Crippen LogP contribution in [0.2, 0.25) is 0 Å². The number of rotatable bonds is 8. The van der Waals surface area contributed by atoms with Crippen LogP contribution in [0.15, 0.2) is 82.8 Å². The Hall–Kier alpha value is -4.31. The van der Waals surface area contributed by atoms with Gasteiger partial charge in [-0.1, -0.05) is 36.0 Å². The van der Waals surface area contributed by atoms with Crippen LogP contribution in [0.25, 0.3) is 0 Å². The minimum atomic E-state index is -0.888. The topological polar surface area (TPSA) is 100 Å². The lowest BCUT2D eigenvalue weighted by Crippen LogP contribution is -2.46. The van der Waals surface area contributed by atoms with E-state index in [-0.39, 0.29) is 23.9 Å². The van der Waals surface area contributed by atoms with Gasteiger partial charge in [0.05, 0.1) is 25.0 Å². The van der Waals surface area contributed by atoms with E-state index in [1.807, 2.05) is 30.3 Å². The van der Waals surface area contributed by atoms with Gasteiger partial charge in [0.15, 0.2) is 11.0 Å². The molecule has 8 nitrogen and oxygen atoms in total. The Bertz CT molecular complexity index is 1450. The Morgan fingerprint density at radius 2 is 1.76 bits per heavy atom. The van der Waals surface area contributed by atoms with Crippen LogP contribution in [0, 0.1) is 5.82 Å². The van der Waals surface area contributed by atoms with E-state index in [0.717, 1.165) is 17.3 Å². The molecule has 38 heavy (non-hydrogen) atoms. The van der Waals surface area contributed by atoms with Crippen LogP contribution in [-0.4, -0.2) is 52.4 Å². The maximum atomic E-state index is 13.3. The first-order chi connectivity index (χ1) is 18.4. The highest BCUT2D eigenvalue weighted by Crippen LogP contribution is 2.35. The number of hydrogen-bond donors (Lipinski definition) is 1. The molecular weight excluding hydrogens is 507 g/mol. The number of Topliss-reactive ketones (excluding diaryl/α,β-unsaturated/α-hetero) is 1. The molecular formula is C28H23FN4O4S. The highest BCUT2D eigenvalue weighted by Gasteiger charge is 2.42. The number of fused-ring (bicyclic) bond motifs is 3. The molecule has 3 aromatic rings. The number of ether oxygens (including phenoxy) is 1. The molecule has 0 bridgehead atoms. The second-order valence-electron chi connectivity index (χ2n) is 8.62. The number of halogens is 1. The van der Waals surface area contributed by atoms with Crippen LogP contribution >= 0.6 is 11.8 Å². The predicted octanol–water partition coefficient (Wildman–Crippen LogP) is 4.12. The number of amidine groups is 2. The first-order valence-corrected chi connectivity index (χ1v) is 12.8. The van der Waals surface area contributed by atoms with Crippen LogP contribution in [0.3, 0.4) is 0 Å². The molecule has 10 heteroatoms. The summed E-state index contributed by atoms with van der Waals surface area (Å²) in [5.41, 5.74) is 2.56. The van der Waals surface area contributed by atoms with E-state index >= 15 is 0 Å². The third kappa shape index (κ3) is 5.35. The smallest absolute Gasteiger partial charge is 0.271 e. The van der Waals surface area contributed by atoms with Crippen LogP contribution in [0.5, 0.6) is 5.75 Å². The van der Waals surface area contributed by atoms with Gasteiger partial charge in [0, 0.05) is 17.7 Å². The standard InChI is InChI=1S/C28H23FN4O4S/c1-37-20-12-6-17(7-13-20)15-30-25(35)14-23-27(36)32-26-21-4-2-3-5-22(21)31-28(33(23)26)38-16-24(34)18-8-10-19(29)11-9-18/h2-13,23H,14-16H2,1H3,(H,30,35). The number of carbonyl (C=O) groups is 3. The zero-order chi connectivity index (χ0) is 26.6. The summed E-state index contributed by atoms with van der Waals surface area (Å²) in [7, 11) is 1.58. The molecule has 2 amide bonds. The number of amides is 2. The summed E-state index contributed by atoms with van der Waals surface area (Å²) in [5.74, 6) is -0.266. The fraction of sp³-hybridized carbons (Fsp3) is 0.179. The molecule has 1 N–H and O–H groups in total. The molecule has 2 aliphatic heterocycles. The van der Waals surface area contributed by atoms with Gasteiger partial charge in [-0.15, -0.1) is 0 Å².